The van der Waals surface area contributed by atoms with Gasteiger partial charge in [-0.05, 0) is 73.7 Å². The van der Waals surface area contributed by atoms with Crippen LogP contribution in [0.3, 0.4) is 0 Å². The molecule has 1 aromatic carbocycles. The molecule has 0 aliphatic carbocycles. The number of fused-ring (bicyclic) bond motifs is 1. The van der Waals surface area contributed by atoms with Crippen molar-refractivity contribution in [2.75, 3.05) is 36.9 Å². The predicted molar refractivity (Wildman–Crippen MR) is 128 cm³/mol. The van der Waals surface area contributed by atoms with E-state index in [-0.39, 0.29) is 5.91 Å². The maximum atomic E-state index is 13.1. The number of hydrogen-bond donors (Lipinski definition) is 1. The van der Waals surface area contributed by atoms with Gasteiger partial charge < -0.3 is 15.1 Å². The van der Waals surface area contributed by atoms with E-state index in [2.05, 4.69) is 40.4 Å². The van der Waals surface area contributed by atoms with Gasteiger partial charge in [0.2, 0.25) is 0 Å². The van der Waals surface area contributed by atoms with E-state index in [1.807, 2.05) is 41.3 Å². The van der Waals surface area contributed by atoms with Gasteiger partial charge in [0.15, 0.2) is 0 Å². The first kappa shape index (κ1) is 20.5. The number of nitrogens with one attached hydrogen (secondary N) is 1. The molecule has 1 fully saturated rings. The zero-order valence-corrected chi connectivity index (χ0v) is 18.5. The normalized spacial score (nSPS) is 16.5. The lowest BCUT2D eigenvalue weighted by Crippen LogP contribution is -2.38. The lowest BCUT2D eigenvalue weighted by molar-refractivity contribution is 0.0712. The lowest BCUT2D eigenvalue weighted by Gasteiger charge is -2.32. The fourth-order valence-electron chi connectivity index (χ4n) is 4.80. The SMILES string of the molecule is CN1CCCc2cc(C(=O)N3CCC(c4cccc(Nc5ccccn5)n4)CC3)ccc21. The largest absolute Gasteiger partial charge is 0.374 e. The minimum Gasteiger partial charge on any atom is -0.374 e. The van der Waals surface area contributed by atoms with Gasteiger partial charge in [0.1, 0.15) is 11.6 Å². The van der Waals surface area contributed by atoms with E-state index < -0.39 is 0 Å². The second-order valence-electron chi connectivity index (χ2n) is 8.72. The lowest BCUT2D eigenvalue weighted by atomic mass is 9.92. The van der Waals surface area contributed by atoms with E-state index in [0.717, 1.165) is 68.2 Å². The van der Waals surface area contributed by atoms with Gasteiger partial charge in [-0.2, -0.15) is 0 Å². The Hall–Kier alpha value is -3.41. The number of piperidine rings is 1. The van der Waals surface area contributed by atoms with Gasteiger partial charge in [0, 0.05) is 55.7 Å². The maximum absolute atomic E-state index is 13.1. The van der Waals surface area contributed by atoms with Crippen LogP contribution in [0.25, 0.3) is 0 Å². The molecule has 0 spiro atoms. The summed E-state index contributed by atoms with van der Waals surface area (Å²) in [6.07, 6.45) is 5.82. The first-order chi connectivity index (χ1) is 15.7. The molecule has 6 heteroatoms. The van der Waals surface area contributed by atoms with E-state index in [1.54, 1.807) is 6.20 Å². The van der Waals surface area contributed by atoms with Gasteiger partial charge >= 0.3 is 0 Å². The van der Waals surface area contributed by atoms with E-state index in [9.17, 15) is 4.79 Å². The molecule has 0 radical (unpaired) electrons. The molecule has 4 heterocycles. The zero-order chi connectivity index (χ0) is 21.9. The maximum Gasteiger partial charge on any atom is 0.253 e. The average molecular weight is 428 g/mol. The molecule has 1 N–H and O–H groups in total. The van der Waals surface area contributed by atoms with Gasteiger partial charge in [0.25, 0.3) is 5.91 Å². The Morgan fingerprint density at radius 1 is 1.00 bits per heavy atom. The summed E-state index contributed by atoms with van der Waals surface area (Å²) in [5, 5.41) is 3.27. The fourth-order valence-corrected chi connectivity index (χ4v) is 4.80. The molecule has 0 atom stereocenters. The van der Waals surface area contributed by atoms with E-state index in [1.165, 1.54) is 11.3 Å². The molecule has 3 aromatic rings. The Bertz CT molecular complexity index is 1090. The van der Waals surface area contributed by atoms with Crippen molar-refractivity contribution >= 4 is 23.2 Å². The molecule has 1 amide bonds. The Labute approximate surface area is 189 Å². The summed E-state index contributed by atoms with van der Waals surface area (Å²) < 4.78 is 0. The molecule has 0 saturated carbocycles. The minimum absolute atomic E-state index is 0.151. The first-order valence-corrected chi connectivity index (χ1v) is 11.5. The average Bonchev–Trinajstić information content (AvgIpc) is 2.84. The summed E-state index contributed by atoms with van der Waals surface area (Å²) in [5.74, 6) is 2.10. The number of carbonyl (C=O) groups excluding carboxylic acids is 1. The number of rotatable bonds is 4. The van der Waals surface area contributed by atoms with Crippen LogP contribution >= 0.6 is 0 Å². The zero-order valence-electron chi connectivity index (χ0n) is 18.5. The van der Waals surface area contributed by atoms with Gasteiger partial charge in [-0.3, -0.25) is 4.79 Å². The molecule has 6 nitrogen and oxygen atoms in total. The molecule has 2 aliphatic rings. The predicted octanol–water partition coefficient (Wildman–Crippen LogP) is 4.62. The van der Waals surface area contributed by atoms with Crippen LogP contribution in [0.15, 0.2) is 60.8 Å². The van der Waals surface area contributed by atoms with Crippen molar-refractivity contribution in [3.05, 3.63) is 77.6 Å². The van der Waals surface area contributed by atoms with Crippen molar-refractivity contribution in [2.24, 2.45) is 0 Å². The summed E-state index contributed by atoms with van der Waals surface area (Å²) in [5.41, 5.74) is 4.45. The molecule has 0 unspecified atom stereocenters. The van der Waals surface area contributed by atoms with Crippen LogP contribution in [-0.2, 0) is 6.42 Å². The number of amides is 1. The van der Waals surface area contributed by atoms with E-state index in [4.69, 9.17) is 4.98 Å². The topological polar surface area (TPSA) is 61.4 Å². The molecule has 32 heavy (non-hydrogen) atoms. The highest BCUT2D eigenvalue weighted by molar-refractivity contribution is 5.95. The van der Waals surface area contributed by atoms with Crippen molar-refractivity contribution in [1.82, 2.24) is 14.9 Å². The molecule has 2 aromatic heterocycles. The number of aromatic nitrogens is 2. The highest BCUT2D eigenvalue weighted by Gasteiger charge is 2.26. The summed E-state index contributed by atoms with van der Waals surface area (Å²) in [6.45, 7) is 2.61. The van der Waals surface area contributed by atoms with Crippen LogP contribution in [0.2, 0.25) is 0 Å². The summed E-state index contributed by atoms with van der Waals surface area (Å²) in [7, 11) is 2.12. The molecule has 1 saturated heterocycles. The van der Waals surface area contributed by atoms with Crippen LogP contribution in [0.1, 0.15) is 46.8 Å². The molecule has 2 aliphatic heterocycles. The van der Waals surface area contributed by atoms with Crippen molar-refractivity contribution in [3.8, 4) is 0 Å². The quantitative estimate of drug-likeness (QED) is 0.658. The van der Waals surface area contributed by atoms with Gasteiger partial charge in [-0.1, -0.05) is 12.1 Å². The van der Waals surface area contributed by atoms with Gasteiger partial charge in [0.05, 0.1) is 0 Å². The third-order valence-corrected chi connectivity index (χ3v) is 6.57. The minimum atomic E-state index is 0.151. The number of likely N-dealkylation sites (tertiary alicyclic amines) is 1. The van der Waals surface area contributed by atoms with Crippen LogP contribution in [-0.4, -0.2) is 47.5 Å². The van der Waals surface area contributed by atoms with Crippen molar-refractivity contribution in [1.29, 1.82) is 0 Å². The van der Waals surface area contributed by atoms with Crippen LogP contribution in [0.4, 0.5) is 17.3 Å². The number of anilines is 3. The van der Waals surface area contributed by atoms with Crippen molar-refractivity contribution in [2.45, 2.75) is 31.6 Å². The Balaban J connectivity index is 1.23. The second-order valence-corrected chi connectivity index (χ2v) is 8.72. The molecular weight excluding hydrogens is 398 g/mol. The molecule has 5 rings (SSSR count). The highest BCUT2D eigenvalue weighted by atomic mass is 16.2. The number of carbonyl (C=O) groups is 1. The van der Waals surface area contributed by atoms with Crippen molar-refractivity contribution in [3.63, 3.8) is 0 Å². The number of benzene rings is 1. The van der Waals surface area contributed by atoms with Gasteiger partial charge in [-0.25, -0.2) is 9.97 Å². The number of aryl methyl sites for hydroxylation is 1. The summed E-state index contributed by atoms with van der Waals surface area (Å²) >= 11 is 0. The smallest absolute Gasteiger partial charge is 0.253 e. The third kappa shape index (κ3) is 4.31. The monoisotopic (exact) mass is 427 g/mol. The summed E-state index contributed by atoms with van der Waals surface area (Å²) in [6, 6.07) is 18.1. The fraction of sp³-hybridized carbons (Fsp3) is 0.346. The second kappa shape index (κ2) is 8.99. The Morgan fingerprint density at radius 2 is 1.84 bits per heavy atom. The number of pyridine rings is 2. The number of nitrogens with zero attached hydrogens (tertiary/aromatic N) is 4. The van der Waals surface area contributed by atoms with Gasteiger partial charge in [-0.15, -0.1) is 0 Å². The van der Waals surface area contributed by atoms with Crippen LogP contribution in [0.5, 0.6) is 0 Å². The van der Waals surface area contributed by atoms with E-state index >= 15 is 0 Å². The Morgan fingerprint density at radius 3 is 2.66 bits per heavy atom. The summed E-state index contributed by atoms with van der Waals surface area (Å²) in [4.78, 5) is 26.6. The van der Waals surface area contributed by atoms with E-state index in [0.29, 0.717) is 5.92 Å². The first-order valence-electron chi connectivity index (χ1n) is 11.5. The van der Waals surface area contributed by atoms with Crippen molar-refractivity contribution < 1.29 is 4.79 Å². The highest BCUT2D eigenvalue weighted by Crippen LogP contribution is 2.30. The van der Waals surface area contributed by atoms with Crippen LogP contribution < -0.4 is 10.2 Å². The molecular formula is C26H29N5O. The third-order valence-electron chi connectivity index (χ3n) is 6.57. The number of hydrogen-bond acceptors (Lipinski definition) is 5. The Kier molecular flexibility index (Phi) is 5.75. The molecule has 164 valence electrons. The standard InChI is InChI=1S/C26H29N5O/c1-30-15-5-6-20-18-21(10-11-23(20)30)26(32)31-16-12-19(13-17-31)22-7-4-9-25(28-22)29-24-8-2-3-14-27-24/h2-4,7-11,14,18-19H,5-6,12-13,15-17H2,1H3,(H,27,28,29). The molecule has 0 bridgehead atoms. The van der Waals surface area contributed by atoms with Crippen LogP contribution in [0, 0.1) is 0 Å².